The Morgan fingerprint density at radius 1 is 1.20 bits per heavy atom. The molecule has 0 aliphatic carbocycles. The molecule has 2 aromatic rings. The molecule has 0 saturated carbocycles. The Balaban J connectivity index is 1.87. The van der Waals surface area contributed by atoms with E-state index < -0.39 is 0 Å². The quantitative estimate of drug-likeness (QED) is 0.797. The maximum absolute atomic E-state index is 11.8. The summed E-state index contributed by atoms with van der Waals surface area (Å²) < 4.78 is 1.03. The molecule has 2 rings (SSSR count). The molecule has 0 heterocycles. The van der Waals surface area contributed by atoms with Crippen molar-refractivity contribution in [1.29, 1.82) is 0 Å². The van der Waals surface area contributed by atoms with E-state index >= 15 is 0 Å². The SMILES string of the molecule is CSc1cccc(NC(=O)NCc2ccc(Br)cc2)c1. The molecule has 104 valence electrons. The lowest BCUT2D eigenvalue weighted by Gasteiger charge is -2.08. The zero-order valence-electron chi connectivity index (χ0n) is 11.0. The zero-order valence-corrected chi connectivity index (χ0v) is 13.4. The zero-order chi connectivity index (χ0) is 14.4. The van der Waals surface area contributed by atoms with E-state index in [1.807, 2.05) is 54.8 Å². The van der Waals surface area contributed by atoms with Crippen LogP contribution in [0.2, 0.25) is 0 Å². The lowest BCUT2D eigenvalue weighted by Crippen LogP contribution is -2.28. The minimum absolute atomic E-state index is 0.203. The van der Waals surface area contributed by atoms with E-state index in [0.29, 0.717) is 6.54 Å². The van der Waals surface area contributed by atoms with Crippen molar-refractivity contribution >= 4 is 39.4 Å². The van der Waals surface area contributed by atoms with Crippen LogP contribution in [0.4, 0.5) is 10.5 Å². The summed E-state index contributed by atoms with van der Waals surface area (Å²) in [6.07, 6.45) is 2.01. The third kappa shape index (κ3) is 4.58. The predicted molar refractivity (Wildman–Crippen MR) is 88.2 cm³/mol. The van der Waals surface area contributed by atoms with Gasteiger partial charge in [0, 0.05) is 21.6 Å². The molecule has 20 heavy (non-hydrogen) atoms. The number of thioether (sulfide) groups is 1. The number of carbonyl (C=O) groups excluding carboxylic acids is 1. The van der Waals surface area contributed by atoms with Gasteiger partial charge in [-0.25, -0.2) is 4.79 Å². The highest BCUT2D eigenvalue weighted by Gasteiger charge is 2.02. The van der Waals surface area contributed by atoms with Gasteiger partial charge in [0.15, 0.2) is 0 Å². The molecule has 5 heteroatoms. The lowest BCUT2D eigenvalue weighted by molar-refractivity contribution is 0.251. The Morgan fingerprint density at radius 3 is 2.65 bits per heavy atom. The van der Waals surface area contributed by atoms with E-state index in [4.69, 9.17) is 0 Å². The van der Waals surface area contributed by atoms with Gasteiger partial charge in [0.25, 0.3) is 0 Å². The largest absolute Gasteiger partial charge is 0.334 e. The number of anilines is 1. The summed E-state index contributed by atoms with van der Waals surface area (Å²) in [6, 6.07) is 15.4. The molecule has 0 saturated heterocycles. The molecule has 0 radical (unpaired) electrons. The Bertz CT molecular complexity index is 587. The number of urea groups is 1. The first-order valence-electron chi connectivity index (χ1n) is 6.11. The van der Waals surface area contributed by atoms with Gasteiger partial charge in [0.2, 0.25) is 0 Å². The molecule has 0 fully saturated rings. The normalized spacial score (nSPS) is 10.1. The van der Waals surface area contributed by atoms with Crippen molar-refractivity contribution in [3.05, 3.63) is 58.6 Å². The molecule has 3 nitrogen and oxygen atoms in total. The number of hydrogen-bond acceptors (Lipinski definition) is 2. The molecule has 0 aliphatic rings. The fourth-order valence-corrected chi connectivity index (χ4v) is 2.38. The number of carbonyl (C=O) groups is 1. The summed E-state index contributed by atoms with van der Waals surface area (Å²) in [7, 11) is 0. The van der Waals surface area contributed by atoms with E-state index in [0.717, 1.165) is 20.6 Å². The number of benzene rings is 2. The minimum Gasteiger partial charge on any atom is -0.334 e. The van der Waals surface area contributed by atoms with Crippen molar-refractivity contribution < 1.29 is 4.79 Å². The maximum Gasteiger partial charge on any atom is 0.319 e. The van der Waals surface area contributed by atoms with Crippen molar-refractivity contribution in [2.24, 2.45) is 0 Å². The van der Waals surface area contributed by atoms with Crippen LogP contribution >= 0.6 is 27.7 Å². The number of nitrogens with one attached hydrogen (secondary N) is 2. The Kier molecular flexibility index (Phi) is 5.49. The molecule has 0 bridgehead atoms. The molecule has 0 unspecified atom stereocenters. The smallest absolute Gasteiger partial charge is 0.319 e. The molecule has 0 spiro atoms. The van der Waals surface area contributed by atoms with E-state index in [2.05, 4.69) is 26.6 Å². The van der Waals surface area contributed by atoms with Crippen molar-refractivity contribution in [2.45, 2.75) is 11.4 Å². The average Bonchev–Trinajstić information content (AvgIpc) is 2.47. The van der Waals surface area contributed by atoms with Crippen molar-refractivity contribution in [2.75, 3.05) is 11.6 Å². The van der Waals surface area contributed by atoms with Crippen molar-refractivity contribution in [3.63, 3.8) is 0 Å². The van der Waals surface area contributed by atoms with Gasteiger partial charge < -0.3 is 10.6 Å². The highest BCUT2D eigenvalue weighted by Crippen LogP contribution is 2.18. The molecule has 2 aromatic carbocycles. The Morgan fingerprint density at radius 2 is 1.95 bits per heavy atom. The van der Waals surface area contributed by atoms with E-state index in [1.54, 1.807) is 11.8 Å². The molecular formula is C15H15BrN2OS. The first-order valence-corrected chi connectivity index (χ1v) is 8.12. The molecule has 2 N–H and O–H groups in total. The highest BCUT2D eigenvalue weighted by atomic mass is 79.9. The predicted octanol–water partition coefficient (Wildman–Crippen LogP) is 4.49. The summed E-state index contributed by atoms with van der Waals surface area (Å²) in [5.41, 5.74) is 1.85. The fourth-order valence-electron chi connectivity index (χ4n) is 1.66. The number of halogens is 1. The average molecular weight is 351 g/mol. The van der Waals surface area contributed by atoms with Crippen LogP contribution in [0.3, 0.4) is 0 Å². The second-order valence-electron chi connectivity index (χ2n) is 4.17. The van der Waals surface area contributed by atoms with Crippen LogP contribution in [-0.2, 0) is 6.54 Å². The van der Waals surface area contributed by atoms with Crippen molar-refractivity contribution in [3.8, 4) is 0 Å². The summed E-state index contributed by atoms with van der Waals surface area (Å²) in [6.45, 7) is 0.501. The van der Waals surface area contributed by atoms with E-state index in [-0.39, 0.29) is 6.03 Å². The maximum atomic E-state index is 11.8. The number of hydrogen-bond donors (Lipinski definition) is 2. The van der Waals surface area contributed by atoms with E-state index in [1.165, 1.54) is 0 Å². The van der Waals surface area contributed by atoms with Gasteiger partial charge in [-0.1, -0.05) is 34.1 Å². The summed E-state index contributed by atoms with van der Waals surface area (Å²) in [5, 5.41) is 5.66. The molecule has 2 amide bonds. The van der Waals surface area contributed by atoms with Gasteiger partial charge in [-0.2, -0.15) is 0 Å². The third-order valence-electron chi connectivity index (χ3n) is 2.69. The van der Waals surface area contributed by atoms with Gasteiger partial charge in [0.1, 0.15) is 0 Å². The highest BCUT2D eigenvalue weighted by molar-refractivity contribution is 9.10. The fraction of sp³-hybridized carbons (Fsp3) is 0.133. The van der Waals surface area contributed by atoms with Gasteiger partial charge in [0.05, 0.1) is 0 Å². The first kappa shape index (κ1) is 14.9. The monoisotopic (exact) mass is 350 g/mol. The molecule has 0 aliphatic heterocycles. The molecule has 0 atom stereocenters. The molecule has 0 aromatic heterocycles. The van der Waals surface area contributed by atoms with Gasteiger partial charge in [-0.3, -0.25) is 0 Å². The Labute approximate surface area is 131 Å². The van der Waals surface area contributed by atoms with Crippen LogP contribution in [0.1, 0.15) is 5.56 Å². The van der Waals surface area contributed by atoms with Gasteiger partial charge in [-0.15, -0.1) is 11.8 Å². The van der Waals surface area contributed by atoms with Gasteiger partial charge in [-0.05, 0) is 42.2 Å². The summed E-state index contributed by atoms with van der Waals surface area (Å²) >= 11 is 5.03. The van der Waals surface area contributed by atoms with E-state index in [9.17, 15) is 4.79 Å². The summed E-state index contributed by atoms with van der Waals surface area (Å²) in [5.74, 6) is 0. The van der Waals surface area contributed by atoms with Crippen LogP contribution in [0.25, 0.3) is 0 Å². The van der Waals surface area contributed by atoms with Gasteiger partial charge >= 0.3 is 6.03 Å². The van der Waals surface area contributed by atoms with Crippen LogP contribution in [0.15, 0.2) is 57.9 Å². The van der Waals surface area contributed by atoms with Crippen LogP contribution < -0.4 is 10.6 Å². The number of rotatable bonds is 4. The Hall–Kier alpha value is -1.46. The molecular weight excluding hydrogens is 336 g/mol. The minimum atomic E-state index is -0.203. The van der Waals surface area contributed by atoms with Crippen LogP contribution in [-0.4, -0.2) is 12.3 Å². The van der Waals surface area contributed by atoms with Crippen LogP contribution in [0, 0.1) is 0 Å². The number of amides is 2. The second-order valence-corrected chi connectivity index (χ2v) is 5.96. The standard InChI is InChI=1S/C15H15BrN2OS/c1-20-14-4-2-3-13(9-14)18-15(19)17-10-11-5-7-12(16)8-6-11/h2-9H,10H2,1H3,(H2,17,18,19). The van der Waals surface area contributed by atoms with Crippen molar-refractivity contribution in [1.82, 2.24) is 5.32 Å². The van der Waals surface area contributed by atoms with Crippen LogP contribution in [0.5, 0.6) is 0 Å². The third-order valence-corrected chi connectivity index (χ3v) is 3.95. The lowest BCUT2D eigenvalue weighted by atomic mass is 10.2. The topological polar surface area (TPSA) is 41.1 Å². The summed E-state index contributed by atoms with van der Waals surface area (Å²) in [4.78, 5) is 12.9. The first-order chi connectivity index (χ1) is 9.67. The second kappa shape index (κ2) is 7.36.